The molecule has 0 N–H and O–H groups in total. The number of sulfonamides is 1. The zero-order chi connectivity index (χ0) is 22.1. The summed E-state index contributed by atoms with van der Waals surface area (Å²) < 4.78 is 32.8. The molecule has 30 heavy (non-hydrogen) atoms. The molecule has 168 valence electrons. The molecule has 1 aromatic heterocycles. The summed E-state index contributed by atoms with van der Waals surface area (Å²) in [6, 6.07) is 3.44. The molecular formula is C20H31N3O5S2. The van der Waals surface area contributed by atoms with Gasteiger partial charge in [0.05, 0.1) is 5.92 Å². The molecule has 2 amide bonds. The zero-order valence-electron chi connectivity index (χ0n) is 18.1. The maximum Gasteiger partial charge on any atom is 0.410 e. The first-order valence-electron chi connectivity index (χ1n) is 10.3. The van der Waals surface area contributed by atoms with Crippen LogP contribution in [0.2, 0.25) is 0 Å². The summed E-state index contributed by atoms with van der Waals surface area (Å²) in [7, 11) is -3.51. The van der Waals surface area contributed by atoms with Crippen molar-refractivity contribution in [3.8, 4) is 0 Å². The smallest absolute Gasteiger partial charge is 0.410 e. The van der Waals surface area contributed by atoms with E-state index in [1.165, 1.54) is 15.6 Å². The van der Waals surface area contributed by atoms with Crippen molar-refractivity contribution in [1.29, 1.82) is 0 Å². The Morgan fingerprint density at radius 1 is 1.07 bits per heavy atom. The molecule has 0 spiro atoms. The summed E-state index contributed by atoms with van der Waals surface area (Å²) in [5.74, 6) is -0.276. The van der Waals surface area contributed by atoms with Gasteiger partial charge in [0.15, 0.2) is 0 Å². The third kappa shape index (κ3) is 5.33. The van der Waals surface area contributed by atoms with Crippen LogP contribution in [0.4, 0.5) is 4.79 Å². The van der Waals surface area contributed by atoms with Gasteiger partial charge in [-0.25, -0.2) is 13.2 Å². The molecule has 0 radical (unpaired) electrons. The van der Waals surface area contributed by atoms with Gasteiger partial charge in [-0.15, -0.1) is 11.3 Å². The first-order valence-corrected chi connectivity index (χ1v) is 12.6. The van der Waals surface area contributed by atoms with E-state index < -0.39 is 15.6 Å². The van der Waals surface area contributed by atoms with E-state index in [-0.39, 0.29) is 31.0 Å². The molecule has 3 rings (SSSR count). The lowest BCUT2D eigenvalue weighted by Gasteiger charge is -2.38. The number of carbonyl (C=O) groups excluding carboxylic acids is 2. The largest absolute Gasteiger partial charge is 0.444 e. The standard InChI is InChI=1S/C20H31N3O5S2/c1-15-7-8-17(29-15)30(26,27)23-12-10-21(11-13-23)18(24)16-6-5-9-22(14-16)19(25)28-20(2,3)4/h7-8,16H,5-6,9-14H2,1-4H3/t16-/m1/s1. The number of hydrogen-bond donors (Lipinski definition) is 0. The minimum absolute atomic E-state index is 0.00715. The summed E-state index contributed by atoms with van der Waals surface area (Å²) >= 11 is 1.27. The number of nitrogens with zero attached hydrogens (tertiary/aromatic N) is 3. The molecule has 2 aliphatic heterocycles. The van der Waals surface area contributed by atoms with E-state index in [2.05, 4.69) is 0 Å². The zero-order valence-corrected chi connectivity index (χ0v) is 19.7. The fraction of sp³-hybridized carbons (Fsp3) is 0.700. The highest BCUT2D eigenvalue weighted by Crippen LogP contribution is 2.26. The van der Waals surface area contributed by atoms with Crippen molar-refractivity contribution in [2.45, 2.75) is 50.3 Å². The predicted octanol–water partition coefficient (Wildman–Crippen LogP) is 2.54. The summed E-state index contributed by atoms with van der Waals surface area (Å²) in [4.78, 5) is 29.7. The SMILES string of the molecule is Cc1ccc(S(=O)(=O)N2CCN(C(=O)[C@@H]3CCCN(C(=O)OC(C)(C)C)C3)CC2)s1. The second-order valence-electron chi connectivity index (χ2n) is 8.86. The van der Waals surface area contributed by atoms with E-state index in [4.69, 9.17) is 4.74 Å². The Bertz CT molecular complexity index is 882. The fourth-order valence-corrected chi connectivity index (χ4v) is 6.62. The second-order valence-corrected chi connectivity index (χ2v) is 12.3. The quantitative estimate of drug-likeness (QED) is 0.696. The minimum atomic E-state index is -3.51. The Morgan fingerprint density at radius 3 is 2.30 bits per heavy atom. The molecule has 0 aliphatic carbocycles. The van der Waals surface area contributed by atoms with Gasteiger partial charge in [0, 0.05) is 44.1 Å². The van der Waals surface area contributed by atoms with Gasteiger partial charge in [-0.1, -0.05) is 0 Å². The molecular weight excluding hydrogens is 426 g/mol. The van der Waals surface area contributed by atoms with E-state index >= 15 is 0 Å². The lowest BCUT2D eigenvalue weighted by molar-refractivity contribution is -0.138. The number of likely N-dealkylation sites (tertiary alicyclic amines) is 1. The fourth-order valence-electron chi connectivity index (χ4n) is 3.76. The highest BCUT2D eigenvalue weighted by atomic mass is 32.2. The van der Waals surface area contributed by atoms with E-state index in [0.29, 0.717) is 30.4 Å². The van der Waals surface area contributed by atoms with Gasteiger partial charge in [0.1, 0.15) is 9.81 Å². The Hall–Kier alpha value is -1.65. The first-order chi connectivity index (χ1) is 14.0. The molecule has 2 aliphatic rings. The molecule has 0 bridgehead atoms. The lowest BCUT2D eigenvalue weighted by atomic mass is 9.96. The van der Waals surface area contributed by atoms with Crippen LogP contribution in [0, 0.1) is 12.8 Å². The third-order valence-corrected chi connectivity index (χ3v) is 8.65. The number of piperidine rings is 1. The Labute approximate surface area is 182 Å². The van der Waals surface area contributed by atoms with Gasteiger partial charge < -0.3 is 14.5 Å². The Morgan fingerprint density at radius 2 is 1.73 bits per heavy atom. The van der Waals surface area contributed by atoms with Crippen molar-refractivity contribution in [3.63, 3.8) is 0 Å². The summed E-state index contributed by atoms with van der Waals surface area (Å²) in [6.07, 6.45) is 1.09. The van der Waals surface area contributed by atoms with Crippen LogP contribution < -0.4 is 0 Å². The summed E-state index contributed by atoms with van der Waals surface area (Å²) in [5.41, 5.74) is -0.572. The molecule has 10 heteroatoms. The third-order valence-electron chi connectivity index (χ3n) is 5.28. The lowest BCUT2D eigenvalue weighted by Crippen LogP contribution is -2.54. The van der Waals surface area contributed by atoms with E-state index in [9.17, 15) is 18.0 Å². The van der Waals surface area contributed by atoms with Crippen LogP contribution in [0.5, 0.6) is 0 Å². The molecule has 3 heterocycles. The Kier molecular flexibility index (Phi) is 6.78. The number of thiophene rings is 1. The highest BCUT2D eigenvalue weighted by Gasteiger charge is 2.36. The van der Waals surface area contributed by atoms with E-state index in [1.807, 2.05) is 27.7 Å². The van der Waals surface area contributed by atoms with Crippen molar-refractivity contribution < 1.29 is 22.7 Å². The molecule has 1 atom stereocenters. The maximum atomic E-state index is 13.0. The van der Waals surface area contributed by atoms with Gasteiger partial charge in [-0.3, -0.25) is 4.79 Å². The molecule has 0 saturated carbocycles. The Balaban J connectivity index is 1.56. The molecule has 2 fully saturated rings. The maximum absolute atomic E-state index is 13.0. The first kappa shape index (κ1) is 23.0. The molecule has 2 saturated heterocycles. The number of carbonyl (C=O) groups is 2. The van der Waals surface area contributed by atoms with Crippen LogP contribution in [0.25, 0.3) is 0 Å². The van der Waals surface area contributed by atoms with Crippen molar-refractivity contribution in [3.05, 3.63) is 17.0 Å². The summed E-state index contributed by atoms with van der Waals surface area (Å²) in [5, 5.41) is 0. The van der Waals surface area contributed by atoms with E-state index in [0.717, 1.165) is 17.7 Å². The van der Waals surface area contributed by atoms with Crippen LogP contribution in [-0.4, -0.2) is 79.4 Å². The molecule has 0 aromatic carbocycles. The van der Waals surface area contributed by atoms with Crippen LogP contribution in [0.3, 0.4) is 0 Å². The highest BCUT2D eigenvalue weighted by molar-refractivity contribution is 7.91. The van der Waals surface area contributed by atoms with Gasteiger partial charge in [0.2, 0.25) is 5.91 Å². The van der Waals surface area contributed by atoms with Gasteiger partial charge >= 0.3 is 6.09 Å². The van der Waals surface area contributed by atoms with Gasteiger partial charge in [-0.2, -0.15) is 4.31 Å². The van der Waals surface area contributed by atoms with Crippen molar-refractivity contribution in [2.75, 3.05) is 39.3 Å². The van der Waals surface area contributed by atoms with Crippen LogP contribution in [0.1, 0.15) is 38.5 Å². The topological polar surface area (TPSA) is 87.2 Å². The number of ether oxygens (including phenoxy) is 1. The van der Waals surface area contributed by atoms with Crippen molar-refractivity contribution >= 4 is 33.4 Å². The normalized spacial score (nSPS) is 21.5. The second kappa shape index (κ2) is 8.84. The van der Waals surface area contributed by atoms with Gasteiger partial charge in [0.25, 0.3) is 10.0 Å². The number of rotatable bonds is 3. The minimum Gasteiger partial charge on any atom is -0.444 e. The average Bonchev–Trinajstić information content (AvgIpc) is 3.13. The monoisotopic (exact) mass is 457 g/mol. The van der Waals surface area contributed by atoms with E-state index in [1.54, 1.807) is 21.9 Å². The predicted molar refractivity (Wildman–Crippen MR) is 115 cm³/mol. The van der Waals surface area contributed by atoms with Crippen molar-refractivity contribution in [1.82, 2.24) is 14.1 Å². The number of amides is 2. The molecule has 1 aromatic rings. The van der Waals surface area contributed by atoms with Crippen LogP contribution in [0.15, 0.2) is 16.3 Å². The van der Waals surface area contributed by atoms with Gasteiger partial charge in [-0.05, 0) is 52.7 Å². The number of hydrogen-bond acceptors (Lipinski definition) is 6. The molecule has 0 unspecified atom stereocenters. The average molecular weight is 458 g/mol. The van der Waals surface area contributed by atoms with Crippen LogP contribution >= 0.6 is 11.3 Å². The van der Waals surface area contributed by atoms with Crippen molar-refractivity contribution in [2.24, 2.45) is 5.92 Å². The van der Waals surface area contributed by atoms with Crippen LogP contribution in [-0.2, 0) is 19.6 Å². The molecule has 8 nitrogen and oxygen atoms in total. The number of aryl methyl sites for hydroxylation is 1. The summed E-state index contributed by atoms with van der Waals surface area (Å²) in [6.45, 7) is 9.59. The number of piperazine rings is 1.